The van der Waals surface area contributed by atoms with E-state index in [0.717, 1.165) is 5.56 Å². The lowest BCUT2D eigenvalue weighted by Crippen LogP contribution is -2.37. The Hall–Kier alpha value is -1.59. The van der Waals surface area contributed by atoms with E-state index in [2.05, 4.69) is 0 Å². The quantitative estimate of drug-likeness (QED) is 0.612. The van der Waals surface area contributed by atoms with Crippen LogP contribution in [0.15, 0.2) is 24.3 Å². The molecule has 0 radical (unpaired) electrons. The summed E-state index contributed by atoms with van der Waals surface area (Å²) in [7, 11) is 0. The maximum atomic E-state index is 10.7. The van der Waals surface area contributed by atoms with E-state index >= 15 is 0 Å². The van der Waals surface area contributed by atoms with Gasteiger partial charge < -0.3 is 21.3 Å². The van der Waals surface area contributed by atoms with Gasteiger partial charge in [0.05, 0.1) is 12.6 Å². The van der Waals surface area contributed by atoms with Crippen LogP contribution < -0.4 is 16.2 Å². The highest BCUT2D eigenvalue weighted by Gasteiger charge is 2.08. The van der Waals surface area contributed by atoms with Gasteiger partial charge in [-0.15, -0.1) is 0 Å². The van der Waals surface area contributed by atoms with E-state index in [4.69, 9.17) is 21.3 Å². The molecule has 1 aromatic carbocycles. The monoisotopic (exact) mass is 238 g/mol. The second-order valence-corrected chi connectivity index (χ2v) is 3.76. The molecule has 0 saturated carbocycles. The topological polar surface area (TPSA) is 98.6 Å². The number of hydrogen-bond acceptors (Lipinski definition) is 4. The van der Waals surface area contributed by atoms with Gasteiger partial charge in [-0.3, -0.25) is 4.79 Å². The molecule has 0 aliphatic carbocycles. The summed E-state index contributed by atoms with van der Waals surface area (Å²) in [6.45, 7) is 0.483. The van der Waals surface area contributed by atoms with Crippen LogP contribution in [0.3, 0.4) is 0 Å². The van der Waals surface area contributed by atoms with Crippen molar-refractivity contribution in [1.82, 2.24) is 0 Å². The van der Waals surface area contributed by atoms with E-state index in [1.807, 2.05) is 24.3 Å². The second-order valence-electron chi connectivity index (χ2n) is 3.76. The molecule has 1 amide bonds. The van der Waals surface area contributed by atoms with E-state index in [-0.39, 0.29) is 6.61 Å². The standard InChI is InChI=1S/C12H18N2O3/c13-11(12(14)16)6-8-17-10-3-1-9(2-4-10)5-7-15/h1-4,11,15H,5-8,13H2,(H2,14,16). The van der Waals surface area contributed by atoms with Crippen LogP contribution in [0.1, 0.15) is 12.0 Å². The number of aliphatic hydroxyl groups is 1. The summed E-state index contributed by atoms with van der Waals surface area (Å²) in [6, 6.07) is 6.75. The minimum atomic E-state index is -0.663. The first-order chi connectivity index (χ1) is 8.13. The van der Waals surface area contributed by atoms with Crippen LogP contribution >= 0.6 is 0 Å². The normalized spacial score (nSPS) is 12.1. The van der Waals surface area contributed by atoms with Crippen molar-refractivity contribution in [3.05, 3.63) is 29.8 Å². The Labute approximate surface area is 100 Å². The number of nitrogens with two attached hydrogens (primary N) is 2. The van der Waals surface area contributed by atoms with Gasteiger partial charge in [-0.2, -0.15) is 0 Å². The number of benzene rings is 1. The fraction of sp³-hybridized carbons (Fsp3) is 0.417. The molecule has 0 fully saturated rings. The van der Waals surface area contributed by atoms with Crippen molar-refractivity contribution in [2.24, 2.45) is 11.5 Å². The van der Waals surface area contributed by atoms with Gasteiger partial charge in [0.2, 0.25) is 5.91 Å². The zero-order chi connectivity index (χ0) is 12.7. The highest BCUT2D eigenvalue weighted by molar-refractivity contribution is 5.79. The van der Waals surface area contributed by atoms with Crippen molar-refractivity contribution in [3.8, 4) is 5.75 Å². The maximum Gasteiger partial charge on any atom is 0.234 e. The molecule has 0 spiro atoms. The average Bonchev–Trinajstić information content (AvgIpc) is 2.31. The zero-order valence-corrected chi connectivity index (χ0v) is 9.63. The van der Waals surface area contributed by atoms with Crippen molar-refractivity contribution in [2.75, 3.05) is 13.2 Å². The molecular formula is C12H18N2O3. The SMILES string of the molecule is NC(=O)C(N)CCOc1ccc(CCO)cc1. The Bertz CT molecular complexity index is 351. The first-order valence-corrected chi connectivity index (χ1v) is 5.51. The molecule has 5 nitrogen and oxygen atoms in total. The molecule has 0 heterocycles. The van der Waals surface area contributed by atoms with Crippen LogP contribution in [0.4, 0.5) is 0 Å². The lowest BCUT2D eigenvalue weighted by atomic mass is 10.1. The van der Waals surface area contributed by atoms with Crippen molar-refractivity contribution < 1.29 is 14.6 Å². The Kier molecular flexibility index (Phi) is 5.45. The van der Waals surface area contributed by atoms with Crippen LogP contribution in [0.5, 0.6) is 5.75 Å². The van der Waals surface area contributed by atoms with Gasteiger partial charge in [-0.1, -0.05) is 12.1 Å². The van der Waals surface area contributed by atoms with Gasteiger partial charge in [-0.05, 0) is 24.1 Å². The van der Waals surface area contributed by atoms with Crippen LogP contribution in [-0.2, 0) is 11.2 Å². The Morgan fingerprint density at radius 1 is 1.35 bits per heavy atom. The predicted molar refractivity (Wildman–Crippen MR) is 64.5 cm³/mol. The summed E-state index contributed by atoms with van der Waals surface area (Å²) in [5, 5.41) is 8.75. The molecule has 17 heavy (non-hydrogen) atoms. The number of carbonyl (C=O) groups is 1. The van der Waals surface area contributed by atoms with Gasteiger partial charge in [0, 0.05) is 13.0 Å². The second kappa shape index (κ2) is 6.88. The fourth-order valence-electron chi connectivity index (χ4n) is 1.33. The highest BCUT2D eigenvalue weighted by atomic mass is 16.5. The summed E-state index contributed by atoms with van der Waals surface area (Å²) in [6.07, 6.45) is 1.03. The number of hydrogen-bond donors (Lipinski definition) is 3. The lowest BCUT2D eigenvalue weighted by molar-refractivity contribution is -0.119. The lowest BCUT2D eigenvalue weighted by Gasteiger charge is -2.09. The minimum Gasteiger partial charge on any atom is -0.494 e. The summed E-state index contributed by atoms with van der Waals surface area (Å²) in [5.41, 5.74) is 11.5. The van der Waals surface area contributed by atoms with E-state index in [1.54, 1.807) is 0 Å². The molecule has 94 valence electrons. The first-order valence-electron chi connectivity index (χ1n) is 5.51. The number of aliphatic hydroxyl groups excluding tert-OH is 1. The molecule has 1 aromatic rings. The van der Waals surface area contributed by atoms with Gasteiger partial charge in [0.25, 0.3) is 0 Å². The van der Waals surface area contributed by atoms with Crippen LogP contribution in [0, 0.1) is 0 Å². The summed E-state index contributed by atoms with van der Waals surface area (Å²) in [4.78, 5) is 10.7. The zero-order valence-electron chi connectivity index (χ0n) is 9.63. The molecule has 1 atom stereocenters. The van der Waals surface area contributed by atoms with Crippen LogP contribution in [0.25, 0.3) is 0 Å². The first kappa shape index (κ1) is 13.5. The fourth-order valence-corrected chi connectivity index (χ4v) is 1.33. The number of rotatable bonds is 7. The maximum absolute atomic E-state index is 10.7. The smallest absolute Gasteiger partial charge is 0.234 e. The Morgan fingerprint density at radius 3 is 2.53 bits per heavy atom. The third-order valence-corrected chi connectivity index (χ3v) is 2.39. The van der Waals surface area contributed by atoms with E-state index in [9.17, 15) is 4.79 Å². The molecule has 0 aliphatic rings. The predicted octanol–water partition coefficient (Wildman–Crippen LogP) is -0.197. The van der Waals surface area contributed by atoms with E-state index < -0.39 is 11.9 Å². The van der Waals surface area contributed by atoms with Crippen LogP contribution in [0.2, 0.25) is 0 Å². The third kappa shape index (κ3) is 4.84. The van der Waals surface area contributed by atoms with Crippen LogP contribution in [-0.4, -0.2) is 30.3 Å². The minimum absolute atomic E-state index is 0.133. The average molecular weight is 238 g/mol. The number of amides is 1. The molecule has 0 aromatic heterocycles. The summed E-state index contributed by atoms with van der Waals surface area (Å²) in [5.74, 6) is 0.190. The highest BCUT2D eigenvalue weighted by Crippen LogP contribution is 2.12. The van der Waals surface area contributed by atoms with Gasteiger partial charge >= 0.3 is 0 Å². The van der Waals surface area contributed by atoms with Crippen molar-refractivity contribution in [3.63, 3.8) is 0 Å². The molecule has 0 saturated heterocycles. The van der Waals surface area contributed by atoms with E-state index in [1.165, 1.54) is 0 Å². The molecule has 0 aliphatic heterocycles. The molecule has 5 N–H and O–H groups in total. The molecular weight excluding hydrogens is 220 g/mol. The van der Waals surface area contributed by atoms with Gasteiger partial charge in [0.15, 0.2) is 0 Å². The summed E-state index contributed by atoms with van der Waals surface area (Å²) < 4.78 is 5.41. The number of primary amides is 1. The number of ether oxygens (including phenoxy) is 1. The van der Waals surface area contributed by atoms with Gasteiger partial charge in [0.1, 0.15) is 5.75 Å². The third-order valence-electron chi connectivity index (χ3n) is 2.39. The number of carbonyl (C=O) groups excluding carboxylic acids is 1. The molecule has 5 heteroatoms. The van der Waals surface area contributed by atoms with Crippen molar-refractivity contribution in [2.45, 2.75) is 18.9 Å². The molecule has 0 bridgehead atoms. The van der Waals surface area contributed by atoms with Gasteiger partial charge in [-0.25, -0.2) is 0 Å². The largest absolute Gasteiger partial charge is 0.494 e. The Balaban J connectivity index is 2.34. The van der Waals surface area contributed by atoms with Crippen molar-refractivity contribution in [1.29, 1.82) is 0 Å². The molecule has 1 rings (SSSR count). The Morgan fingerprint density at radius 2 is 2.00 bits per heavy atom. The molecule has 1 unspecified atom stereocenters. The summed E-state index contributed by atoms with van der Waals surface area (Å²) >= 11 is 0. The van der Waals surface area contributed by atoms with Crippen molar-refractivity contribution >= 4 is 5.91 Å². The van der Waals surface area contributed by atoms with E-state index in [0.29, 0.717) is 25.2 Å².